The van der Waals surface area contributed by atoms with E-state index in [-0.39, 0.29) is 24.8 Å². The minimum absolute atomic E-state index is 0.110. The minimum atomic E-state index is -1.13. The van der Waals surface area contributed by atoms with Gasteiger partial charge < -0.3 is 19.6 Å². The van der Waals surface area contributed by atoms with Crippen LogP contribution in [0.25, 0.3) is 0 Å². The summed E-state index contributed by atoms with van der Waals surface area (Å²) in [7, 11) is 0. The van der Waals surface area contributed by atoms with Crippen LogP contribution in [0.5, 0.6) is 5.75 Å². The second kappa shape index (κ2) is 7.00. The third-order valence-electron chi connectivity index (χ3n) is 3.38. The Labute approximate surface area is 134 Å². The molecule has 6 heteroatoms. The molecule has 0 saturated heterocycles. The Hall–Kier alpha value is -2.76. The lowest BCUT2D eigenvalue weighted by molar-refractivity contribution is -0.123. The summed E-state index contributed by atoms with van der Waals surface area (Å²) in [4.78, 5) is 22.7. The third kappa shape index (κ3) is 4.12. The van der Waals surface area contributed by atoms with Gasteiger partial charge >= 0.3 is 5.97 Å². The number of amides is 1. The molecule has 0 atom stereocenters. The summed E-state index contributed by atoms with van der Waals surface area (Å²) in [6.07, 6.45) is 0. The van der Waals surface area contributed by atoms with Crippen LogP contribution in [-0.4, -0.2) is 23.6 Å². The summed E-state index contributed by atoms with van der Waals surface area (Å²) in [6.45, 7) is 5.47. The first-order valence-electron chi connectivity index (χ1n) is 7.16. The summed E-state index contributed by atoms with van der Waals surface area (Å²) in [6, 6.07) is 7.35. The molecule has 1 aromatic carbocycles. The lowest BCUT2D eigenvalue weighted by Crippen LogP contribution is -2.28. The van der Waals surface area contributed by atoms with Crippen LogP contribution >= 0.6 is 0 Å². The normalized spacial score (nSPS) is 10.4. The van der Waals surface area contributed by atoms with Crippen molar-refractivity contribution in [3.8, 4) is 5.75 Å². The number of para-hydroxylation sites is 1. The van der Waals surface area contributed by atoms with Crippen molar-refractivity contribution in [1.29, 1.82) is 0 Å². The zero-order chi connectivity index (χ0) is 17.0. The highest BCUT2D eigenvalue weighted by Gasteiger charge is 2.15. The van der Waals surface area contributed by atoms with Crippen molar-refractivity contribution in [2.45, 2.75) is 27.3 Å². The van der Waals surface area contributed by atoms with E-state index >= 15 is 0 Å². The van der Waals surface area contributed by atoms with E-state index in [9.17, 15) is 9.59 Å². The predicted molar refractivity (Wildman–Crippen MR) is 83.7 cm³/mol. The van der Waals surface area contributed by atoms with Gasteiger partial charge in [-0.25, -0.2) is 4.79 Å². The zero-order valence-electron chi connectivity index (χ0n) is 13.3. The number of furan rings is 1. The molecule has 2 rings (SSSR count). The smallest absolute Gasteiger partial charge is 0.372 e. The lowest BCUT2D eigenvalue weighted by Gasteiger charge is -2.11. The molecular weight excluding hydrogens is 298 g/mol. The van der Waals surface area contributed by atoms with Crippen molar-refractivity contribution < 1.29 is 23.8 Å². The van der Waals surface area contributed by atoms with E-state index in [0.717, 1.165) is 11.1 Å². The topological polar surface area (TPSA) is 88.8 Å². The van der Waals surface area contributed by atoms with E-state index in [1.54, 1.807) is 13.0 Å². The lowest BCUT2D eigenvalue weighted by atomic mass is 10.1. The van der Waals surface area contributed by atoms with Gasteiger partial charge in [0.25, 0.3) is 5.91 Å². The van der Waals surface area contributed by atoms with Crippen LogP contribution in [0.3, 0.4) is 0 Å². The summed E-state index contributed by atoms with van der Waals surface area (Å²) < 4.78 is 10.7. The van der Waals surface area contributed by atoms with Crippen LogP contribution < -0.4 is 10.1 Å². The highest BCUT2D eigenvalue weighted by atomic mass is 16.5. The molecule has 0 aliphatic rings. The molecule has 2 N–H and O–H groups in total. The van der Waals surface area contributed by atoms with Crippen LogP contribution in [0.1, 0.15) is 33.0 Å². The van der Waals surface area contributed by atoms with E-state index < -0.39 is 5.97 Å². The molecular formula is C17H19NO5. The Bertz CT molecular complexity index is 712. The predicted octanol–water partition coefficient (Wildman–Crippen LogP) is 2.60. The highest BCUT2D eigenvalue weighted by molar-refractivity contribution is 5.86. The fourth-order valence-corrected chi connectivity index (χ4v) is 2.25. The minimum Gasteiger partial charge on any atom is -0.483 e. The van der Waals surface area contributed by atoms with Gasteiger partial charge in [-0.05, 0) is 38.0 Å². The summed E-state index contributed by atoms with van der Waals surface area (Å²) in [5, 5.41) is 11.6. The fourth-order valence-electron chi connectivity index (χ4n) is 2.25. The monoisotopic (exact) mass is 317 g/mol. The second-order valence-electron chi connectivity index (χ2n) is 5.32. The van der Waals surface area contributed by atoms with Crippen LogP contribution in [0.4, 0.5) is 0 Å². The molecule has 6 nitrogen and oxygen atoms in total. The summed E-state index contributed by atoms with van der Waals surface area (Å²) in [5.41, 5.74) is 2.45. The quantitative estimate of drug-likeness (QED) is 0.855. The SMILES string of the molecule is Cc1cc(CNC(=O)COc2c(C)cccc2C)oc1C(=O)O. The number of benzene rings is 1. The Balaban J connectivity index is 1.88. The first-order valence-corrected chi connectivity index (χ1v) is 7.16. The summed E-state index contributed by atoms with van der Waals surface area (Å²) >= 11 is 0. The van der Waals surface area contributed by atoms with Crippen molar-refractivity contribution in [1.82, 2.24) is 5.32 Å². The van der Waals surface area contributed by atoms with Gasteiger partial charge in [-0.15, -0.1) is 0 Å². The number of aromatic carboxylic acids is 1. The van der Waals surface area contributed by atoms with Crippen molar-refractivity contribution in [2.24, 2.45) is 0 Å². The summed E-state index contributed by atoms with van der Waals surface area (Å²) in [5.74, 6) is -0.456. The van der Waals surface area contributed by atoms with Gasteiger partial charge in [0.15, 0.2) is 6.61 Å². The van der Waals surface area contributed by atoms with Gasteiger partial charge in [-0.1, -0.05) is 18.2 Å². The number of carboxylic acids is 1. The van der Waals surface area contributed by atoms with Gasteiger partial charge in [-0.2, -0.15) is 0 Å². The van der Waals surface area contributed by atoms with Gasteiger partial charge in [-0.3, -0.25) is 4.79 Å². The van der Waals surface area contributed by atoms with Gasteiger partial charge in [0.2, 0.25) is 5.76 Å². The maximum atomic E-state index is 11.8. The number of carbonyl (C=O) groups is 2. The highest BCUT2D eigenvalue weighted by Crippen LogP contribution is 2.22. The van der Waals surface area contributed by atoms with Crippen LogP contribution in [0, 0.1) is 20.8 Å². The van der Waals surface area contributed by atoms with Crippen molar-refractivity contribution >= 4 is 11.9 Å². The number of carboxylic acid groups (broad SMARTS) is 1. The molecule has 0 aliphatic carbocycles. The van der Waals surface area contributed by atoms with Crippen molar-refractivity contribution in [3.05, 3.63) is 52.5 Å². The fraction of sp³-hybridized carbons (Fsp3) is 0.294. The van der Waals surface area contributed by atoms with Gasteiger partial charge in [0, 0.05) is 5.56 Å². The van der Waals surface area contributed by atoms with Crippen LogP contribution in [-0.2, 0) is 11.3 Å². The Morgan fingerprint density at radius 1 is 1.17 bits per heavy atom. The molecule has 0 bridgehead atoms. The van der Waals surface area contributed by atoms with Crippen LogP contribution in [0.15, 0.2) is 28.7 Å². The molecule has 1 heterocycles. The third-order valence-corrected chi connectivity index (χ3v) is 3.38. The molecule has 1 amide bonds. The number of ether oxygens (including phenoxy) is 1. The van der Waals surface area contributed by atoms with E-state index in [4.69, 9.17) is 14.3 Å². The Kier molecular flexibility index (Phi) is 5.05. The number of carbonyl (C=O) groups excluding carboxylic acids is 1. The number of hydrogen-bond donors (Lipinski definition) is 2. The second-order valence-corrected chi connectivity index (χ2v) is 5.32. The first kappa shape index (κ1) is 16.6. The molecule has 0 spiro atoms. The maximum Gasteiger partial charge on any atom is 0.372 e. The average molecular weight is 317 g/mol. The first-order chi connectivity index (χ1) is 10.9. The Morgan fingerprint density at radius 2 is 1.83 bits per heavy atom. The van der Waals surface area contributed by atoms with Gasteiger partial charge in [0.05, 0.1) is 6.54 Å². The van der Waals surface area contributed by atoms with E-state index in [0.29, 0.717) is 17.1 Å². The van der Waals surface area contributed by atoms with E-state index in [1.807, 2.05) is 32.0 Å². The van der Waals surface area contributed by atoms with Gasteiger partial charge in [0.1, 0.15) is 11.5 Å². The molecule has 0 unspecified atom stereocenters. The van der Waals surface area contributed by atoms with Crippen molar-refractivity contribution in [2.75, 3.05) is 6.61 Å². The molecule has 0 aliphatic heterocycles. The maximum absolute atomic E-state index is 11.8. The number of nitrogens with one attached hydrogen (secondary N) is 1. The van der Waals surface area contributed by atoms with E-state index in [2.05, 4.69) is 5.32 Å². The molecule has 0 radical (unpaired) electrons. The standard InChI is InChI=1S/C17H19NO5/c1-10-5-4-6-11(2)15(10)22-9-14(19)18-8-13-7-12(3)16(23-13)17(20)21/h4-7H,8-9H2,1-3H3,(H,18,19)(H,20,21). The molecule has 2 aromatic rings. The molecule has 0 saturated carbocycles. The largest absolute Gasteiger partial charge is 0.483 e. The zero-order valence-corrected chi connectivity index (χ0v) is 13.3. The molecule has 1 aromatic heterocycles. The van der Waals surface area contributed by atoms with Crippen molar-refractivity contribution in [3.63, 3.8) is 0 Å². The number of rotatable bonds is 6. The van der Waals surface area contributed by atoms with E-state index in [1.165, 1.54) is 0 Å². The van der Waals surface area contributed by atoms with Crippen LogP contribution in [0.2, 0.25) is 0 Å². The molecule has 0 fully saturated rings. The Morgan fingerprint density at radius 3 is 2.39 bits per heavy atom. The molecule has 23 heavy (non-hydrogen) atoms. The average Bonchev–Trinajstić information content (AvgIpc) is 2.86. The number of hydrogen-bond acceptors (Lipinski definition) is 4. The molecule has 122 valence electrons. The number of aryl methyl sites for hydroxylation is 3.